The van der Waals surface area contributed by atoms with Crippen LogP contribution in [0.3, 0.4) is 0 Å². The monoisotopic (exact) mass is 969 g/mol. The summed E-state index contributed by atoms with van der Waals surface area (Å²) in [6, 6.07) is 93.3. The Labute approximate surface area is 438 Å². The molecule has 0 unspecified atom stereocenters. The number of aromatic nitrogens is 5. The summed E-state index contributed by atoms with van der Waals surface area (Å²) in [5, 5.41) is 4.79. The maximum Gasteiger partial charge on any atom is 0.164 e. The number of nitrogens with zero attached hydrogens (tertiary/aromatic N) is 5. The van der Waals surface area contributed by atoms with Crippen molar-refractivity contribution in [1.82, 2.24) is 24.1 Å². The van der Waals surface area contributed by atoms with Crippen LogP contribution in [0.25, 0.3) is 111 Å². The molecule has 14 aromatic rings. The minimum Gasteiger partial charge on any atom is -0.457 e. The van der Waals surface area contributed by atoms with Crippen LogP contribution in [-0.2, 0) is 5.41 Å². The van der Waals surface area contributed by atoms with E-state index in [2.05, 4.69) is 234 Å². The van der Waals surface area contributed by atoms with Gasteiger partial charge >= 0.3 is 0 Å². The van der Waals surface area contributed by atoms with Crippen LogP contribution in [0.5, 0.6) is 11.5 Å². The molecule has 0 atom stereocenters. The molecule has 4 heterocycles. The van der Waals surface area contributed by atoms with Gasteiger partial charge in [0, 0.05) is 60.7 Å². The molecule has 6 heteroatoms. The van der Waals surface area contributed by atoms with E-state index in [9.17, 15) is 0 Å². The van der Waals surface area contributed by atoms with Gasteiger partial charge in [-0.1, -0.05) is 200 Å². The first-order valence-electron chi connectivity index (χ1n) is 25.9. The number of hydrogen-bond donors (Lipinski definition) is 0. The summed E-state index contributed by atoms with van der Waals surface area (Å²) in [5.74, 6) is 3.51. The molecule has 3 aromatic heterocycles. The lowest BCUT2D eigenvalue weighted by molar-refractivity contribution is 0.436. The van der Waals surface area contributed by atoms with Crippen molar-refractivity contribution in [3.63, 3.8) is 0 Å². The van der Waals surface area contributed by atoms with E-state index in [-0.39, 0.29) is 0 Å². The number of para-hydroxylation sites is 6. The molecular formula is C70H43N5O. The van der Waals surface area contributed by atoms with Gasteiger partial charge in [0.1, 0.15) is 11.5 Å². The summed E-state index contributed by atoms with van der Waals surface area (Å²) >= 11 is 0. The van der Waals surface area contributed by atoms with Gasteiger partial charge in [0.25, 0.3) is 0 Å². The fourth-order valence-electron chi connectivity index (χ4n) is 12.8. The topological polar surface area (TPSA) is 57.8 Å². The highest BCUT2D eigenvalue weighted by Gasteiger charge is 2.52. The molecule has 76 heavy (non-hydrogen) atoms. The van der Waals surface area contributed by atoms with Crippen molar-refractivity contribution in [1.29, 1.82) is 0 Å². The average Bonchev–Trinajstić information content (AvgIpc) is 4.29. The van der Waals surface area contributed by atoms with E-state index in [0.29, 0.717) is 17.5 Å². The minimum atomic E-state index is -0.745. The van der Waals surface area contributed by atoms with Gasteiger partial charge in [0.05, 0.1) is 27.5 Å². The minimum absolute atomic E-state index is 0.605. The van der Waals surface area contributed by atoms with E-state index in [1.807, 2.05) is 36.4 Å². The van der Waals surface area contributed by atoms with Crippen LogP contribution in [0.2, 0.25) is 0 Å². The second-order valence-electron chi connectivity index (χ2n) is 19.8. The molecule has 1 aliphatic heterocycles. The van der Waals surface area contributed by atoms with Crippen molar-refractivity contribution < 1.29 is 4.74 Å². The fourth-order valence-corrected chi connectivity index (χ4v) is 12.8. The summed E-state index contributed by atoms with van der Waals surface area (Å²) in [7, 11) is 0. The largest absolute Gasteiger partial charge is 0.457 e. The van der Waals surface area contributed by atoms with Crippen LogP contribution in [-0.4, -0.2) is 24.1 Å². The Hall–Kier alpha value is -10.2. The number of hydrogen-bond acceptors (Lipinski definition) is 4. The SMILES string of the molecule is c1ccc(-c2nc(-c3ccccc3)nc(-c3cccc4c3-c3cc(-c5cc6c(c7ccccc7n6-c6ccccc6)c6c5c5ccccc5n6-c5ccccc5)ccc3C43c4ccccc4Oc4ccccc43)n2)cc1. The lowest BCUT2D eigenvalue weighted by Gasteiger charge is -2.39. The van der Waals surface area contributed by atoms with Crippen LogP contribution < -0.4 is 4.74 Å². The molecule has 11 aromatic carbocycles. The summed E-state index contributed by atoms with van der Waals surface area (Å²) < 4.78 is 11.8. The first-order chi connectivity index (χ1) is 37.7. The van der Waals surface area contributed by atoms with Crippen molar-refractivity contribution >= 4 is 43.6 Å². The average molecular weight is 970 g/mol. The third-order valence-corrected chi connectivity index (χ3v) is 15.8. The van der Waals surface area contributed by atoms with Gasteiger partial charge in [-0.15, -0.1) is 0 Å². The molecular weight excluding hydrogens is 927 g/mol. The van der Waals surface area contributed by atoms with Crippen LogP contribution in [0.15, 0.2) is 261 Å². The Morgan fingerprint density at radius 3 is 1.45 bits per heavy atom. The van der Waals surface area contributed by atoms with Gasteiger partial charge in [0.15, 0.2) is 17.5 Å². The highest BCUT2D eigenvalue weighted by molar-refractivity contribution is 6.30. The first-order valence-corrected chi connectivity index (χ1v) is 25.9. The van der Waals surface area contributed by atoms with Crippen molar-refractivity contribution in [2.45, 2.75) is 5.41 Å². The summed E-state index contributed by atoms with van der Waals surface area (Å²) in [6.07, 6.45) is 0. The number of rotatable bonds is 6. The van der Waals surface area contributed by atoms with Gasteiger partial charge in [-0.25, -0.2) is 15.0 Å². The molecule has 0 bridgehead atoms. The third-order valence-electron chi connectivity index (χ3n) is 15.8. The summed E-state index contributed by atoms with van der Waals surface area (Å²) in [5.41, 5.74) is 17.8. The zero-order valence-corrected chi connectivity index (χ0v) is 41.0. The molecule has 16 rings (SSSR count). The summed E-state index contributed by atoms with van der Waals surface area (Å²) in [4.78, 5) is 15.9. The Morgan fingerprint density at radius 2 is 0.816 bits per heavy atom. The second kappa shape index (κ2) is 16.4. The van der Waals surface area contributed by atoms with E-state index in [4.69, 9.17) is 19.7 Å². The van der Waals surface area contributed by atoms with E-state index < -0.39 is 5.41 Å². The van der Waals surface area contributed by atoms with Crippen molar-refractivity contribution in [3.8, 4) is 79.3 Å². The molecule has 0 fully saturated rings. The predicted octanol–water partition coefficient (Wildman–Crippen LogP) is 17.2. The molecule has 0 saturated carbocycles. The van der Waals surface area contributed by atoms with E-state index in [1.54, 1.807) is 0 Å². The van der Waals surface area contributed by atoms with Gasteiger partial charge in [-0.05, 0) is 94.0 Å². The highest BCUT2D eigenvalue weighted by atomic mass is 16.5. The lowest BCUT2D eigenvalue weighted by atomic mass is 9.66. The molecule has 354 valence electrons. The van der Waals surface area contributed by atoms with E-state index in [0.717, 1.165) is 95.1 Å². The predicted molar refractivity (Wildman–Crippen MR) is 308 cm³/mol. The van der Waals surface area contributed by atoms with Crippen LogP contribution in [0.1, 0.15) is 22.3 Å². The van der Waals surface area contributed by atoms with Crippen molar-refractivity contribution in [3.05, 3.63) is 283 Å². The molecule has 0 radical (unpaired) electrons. The zero-order chi connectivity index (χ0) is 49.9. The lowest BCUT2D eigenvalue weighted by Crippen LogP contribution is -2.32. The number of fused-ring (bicyclic) bond motifs is 16. The Morgan fingerprint density at radius 1 is 0.316 bits per heavy atom. The van der Waals surface area contributed by atoms with Crippen molar-refractivity contribution in [2.24, 2.45) is 0 Å². The molecule has 2 aliphatic rings. The normalized spacial score (nSPS) is 12.9. The maximum absolute atomic E-state index is 6.84. The molecule has 0 N–H and O–H groups in total. The van der Waals surface area contributed by atoms with Gasteiger partial charge in [0.2, 0.25) is 0 Å². The van der Waals surface area contributed by atoms with Gasteiger partial charge in [-0.2, -0.15) is 0 Å². The molecule has 0 saturated heterocycles. The number of benzene rings is 11. The van der Waals surface area contributed by atoms with E-state index in [1.165, 1.54) is 32.6 Å². The third kappa shape index (κ3) is 6.01. The molecule has 0 amide bonds. The van der Waals surface area contributed by atoms with Crippen molar-refractivity contribution in [2.75, 3.05) is 0 Å². The summed E-state index contributed by atoms with van der Waals surface area (Å²) in [6.45, 7) is 0. The van der Waals surface area contributed by atoms with Crippen LogP contribution in [0, 0.1) is 0 Å². The zero-order valence-electron chi connectivity index (χ0n) is 41.0. The Kier molecular flexibility index (Phi) is 9.15. The highest BCUT2D eigenvalue weighted by Crippen LogP contribution is 2.64. The van der Waals surface area contributed by atoms with Gasteiger partial charge in [-0.3, -0.25) is 0 Å². The number of ether oxygens (including phenoxy) is 1. The Balaban J connectivity index is 1.05. The Bertz CT molecular complexity index is 4550. The quantitative estimate of drug-likeness (QED) is 0.167. The van der Waals surface area contributed by atoms with Crippen LogP contribution in [0.4, 0.5) is 0 Å². The fraction of sp³-hybridized carbons (Fsp3) is 0.0143. The van der Waals surface area contributed by atoms with Gasteiger partial charge < -0.3 is 13.9 Å². The second-order valence-corrected chi connectivity index (χ2v) is 19.8. The first kappa shape index (κ1) is 42.3. The smallest absolute Gasteiger partial charge is 0.164 e. The molecule has 6 nitrogen and oxygen atoms in total. The van der Waals surface area contributed by atoms with E-state index >= 15 is 0 Å². The molecule has 1 aliphatic carbocycles. The molecule has 1 spiro atoms. The standard InChI is InChI=1S/C70H43N5O/c1-5-22-44(23-6-1)67-71-68(45-24-7-2-8-25-45)73-69(72-67)51-32-21-35-57-63(51)53-42-46(40-41-54(53)70(57)55-33-15-19-38-61(55)76-62-39-20-16-34-56(62)70)52-43-60-65(50-31-14-17-36-58(50)74(60)47-26-9-3-10-27-47)66-64(52)49-30-13-18-37-59(49)75(66)48-28-11-4-12-29-48/h1-43H. The van der Waals surface area contributed by atoms with Crippen LogP contribution >= 0.6 is 0 Å². The maximum atomic E-state index is 6.84.